The van der Waals surface area contributed by atoms with Crippen LogP contribution in [0.25, 0.3) is 11.0 Å². The molecule has 1 aliphatic heterocycles. The summed E-state index contributed by atoms with van der Waals surface area (Å²) < 4.78 is 2.14. The molecule has 0 saturated carbocycles. The van der Waals surface area contributed by atoms with Crippen LogP contribution < -0.4 is 10.6 Å². The van der Waals surface area contributed by atoms with Crippen LogP contribution in [0.4, 0.5) is 5.95 Å². The van der Waals surface area contributed by atoms with Crippen LogP contribution in [-0.2, 0) is 11.3 Å². The minimum absolute atomic E-state index is 0.0660. The molecule has 0 spiro atoms. The van der Waals surface area contributed by atoms with Gasteiger partial charge in [0.25, 0.3) is 0 Å². The number of benzene rings is 1. The van der Waals surface area contributed by atoms with Crippen molar-refractivity contribution in [3.63, 3.8) is 0 Å². The highest BCUT2D eigenvalue weighted by Gasteiger charge is 2.17. The van der Waals surface area contributed by atoms with Crippen molar-refractivity contribution in [1.29, 1.82) is 0 Å². The number of fused-ring (bicyclic) bond motifs is 1. The summed E-state index contributed by atoms with van der Waals surface area (Å²) in [5.41, 5.74) is 2.01. The summed E-state index contributed by atoms with van der Waals surface area (Å²) in [5, 5.41) is 6.42. The van der Waals surface area contributed by atoms with Crippen LogP contribution in [0, 0.1) is 5.92 Å². The molecule has 0 radical (unpaired) electrons. The van der Waals surface area contributed by atoms with Gasteiger partial charge in [-0.3, -0.25) is 10.1 Å². The lowest BCUT2D eigenvalue weighted by Crippen LogP contribution is -2.27. The van der Waals surface area contributed by atoms with E-state index in [0.717, 1.165) is 56.7 Å². The quantitative estimate of drug-likeness (QED) is 0.724. The number of nitrogens with one attached hydrogen (secondary N) is 2. The van der Waals surface area contributed by atoms with E-state index >= 15 is 0 Å². The first-order valence-corrected chi connectivity index (χ1v) is 9.89. The van der Waals surface area contributed by atoms with Gasteiger partial charge in [0.05, 0.1) is 11.0 Å². The molecule has 1 aromatic heterocycles. The normalized spacial score (nSPS) is 17.3. The van der Waals surface area contributed by atoms with Crippen LogP contribution in [0.5, 0.6) is 0 Å². The molecule has 6 nitrogen and oxygen atoms in total. The van der Waals surface area contributed by atoms with Gasteiger partial charge < -0.3 is 14.8 Å². The fourth-order valence-corrected chi connectivity index (χ4v) is 3.66. The fraction of sp³-hybridized carbons (Fsp3) is 0.600. The molecule has 1 amide bonds. The molecule has 1 fully saturated rings. The lowest BCUT2D eigenvalue weighted by Gasteiger charge is -2.19. The van der Waals surface area contributed by atoms with Crippen LogP contribution >= 0.6 is 0 Å². The molecule has 2 heterocycles. The Hall–Kier alpha value is -1.92. The zero-order valence-electron chi connectivity index (χ0n) is 16.0. The van der Waals surface area contributed by atoms with E-state index in [-0.39, 0.29) is 5.91 Å². The average molecular weight is 358 g/mol. The van der Waals surface area contributed by atoms with Crippen molar-refractivity contribution in [3.8, 4) is 0 Å². The number of carbonyl (C=O) groups excluding carboxylic acids is 1. The SMILES string of the molecule is CCN(CC)CCn1c(NC(=O)CCC2CCNC2)nc2ccccc21. The first kappa shape index (κ1) is 18.9. The van der Waals surface area contributed by atoms with Gasteiger partial charge in [-0.2, -0.15) is 0 Å². The Balaban J connectivity index is 1.69. The van der Waals surface area contributed by atoms with Gasteiger partial charge in [0.2, 0.25) is 11.9 Å². The summed E-state index contributed by atoms with van der Waals surface area (Å²) >= 11 is 0. The molecule has 1 unspecified atom stereocenters. The van der Waals surface area contributed by atoms with E-state index in [9.17, 15) is 4.79 Å². The average Bonchev–Trinajstić information content (AvgIpc) is 3.29. The van der Waals surface area contributed by atoms with E-state index < -0.39 is 0 Å². The van der Waals surface area contributed by atoms with Crippen LogP contribution in [0.15, 0.2) is 24.3 Å². The molecule has 0 aliphatic carbocycles. The molecule has 0 bridgehead atoms. The Morgan fingerprint density at radius 2 is 2.15 bits per heavy atom. The number of aromatic nitrogens is 2. The maximum Gasteiger partial charge on any atom is 0.226 e. The highest BCUT2D eigenvalue weighted by Crippen LogP contribution is 2.21. The number of anilines is 1. The number of rotatable bonds is 9. The molecule has 3 rings (SSSR count). The Morgan fingerprint density at radius 3 is 2.88 bits per heavy atom. The first-order valence-electron chi connectivity index (χ1n) is 9.89. The van der Waals surface area contributed by atoms with Crippen LogP contribution in [0.1, 0.15) is 33.1 Å². The predicted molar refractivity (Wildman–Crippen MR) is 106 cm³/mol. The number of likely N-dealkylation sites (N-methyl/N-ethyl adjacent to an activating group) is 1. The number of hydrogen-bond acceptors (Lipinski definition) is 4. The topological polar surface area (TPSA) is 62.2 Å². The van der Waals surface area contributed by atoms with E-state index in [1.807, 2.05) is 18.2 Å². The van der Waals surface area contributed by atoms with E-state index in [4.69, 9.17) is 0 Å². The Bertz CT molecular complexity index is 716. The second-order valence-corrected chi connectivity index (χ2v) is 7.05. The van der Waals surface area contributed by atoms with Crippen LogP contribution in [0.2, 0.25) is 0 Å². The van der Waals surface area contributed by atoms with Gasteiger partial charge in [-0.1, -0.05) is 26.0 Å². The summed E-state index contributed by atoms with van der Waals surface area (Å²) in [5.74, 6) is 1.37. The lowest BCUT2D eigenvalue weighted by atomic mass is 10.0. The maximum absolute atomic E-state index is 12.5. The molecule has 2 aromatic rings. The Labute approximate surface area is 156 Å². The summed E-state index contributed by atoms with van der Waals surface area (Å²) in [6, 6.07) is 8.09. The minimum Gasteiger partial charge on any atom is -0.316 e. The zero-order chi connectivity index (χ0) is 18.4. The molecule has 1 saturated heterocycles. The third kappa shape index (κ3) is 4.62. The molecule has 6 heteroatoms. The van der Waals surface area contributed by atoms with Gasteiger partial charge in [-0.05, 0) is 57.1 Å². The molecule has 2 N–H and O–H groups in total. The van der Waals surface area contributed by atoms with Crippen molar-refractivity contribution in [3.05, 3.63) is 24.3 Å². The van der Waals surface area contributed by atoms with Crippen molar-refractivity contribution < 1.29 is 4.79 Å². The number of carbonyl (C=O) groups is 1. The van der Waals surface area contributed by atoms with Crippen molar-refractivity contribution in [1.82, 2.24) is 19.8 Å². The standard InChI is InChI=1S/C20H31N5O/c1-3-24(4-2)13-14-25-18-8-6-5-7-17(18)22-20(25)23-19(26)10-9-16-11-12-21-15-16/h5-8,16,21H,3-4,9-15H2,1-2H3,(H,22,23,26). The highest BCUT2D eigenvalue weighted by molar-refractivity contribution is 5.91. The molecular formula is C20H31N5O. The van der Waals surface area contributed by atoms with Crippen molar-refractivity contribution in [2.24, 2.45) is 5.92 Å². The largest absolute Gasteiger partial charge is 0.316 e. The lowest BCUT2D eigenvalue weighted by molar-refractivity contribution is -0.116. The van der Waals surface area contributed by atoms with Crippen molar-refractivity contribution in [2.75, 3.05) is 38.0 Å². The van der Waals surface area contributed by atoms with Gasteiger partial charge in [-0.25, -0.2) is 4.98 Å². The van der Waals surface area contributed by atoms with Crippen LogP contribution in [-0.4, -0.2) is 53.1 Å². The number of nitrogens with zero attached hydrogens (tertiary/aromatic N) is 3. The Kier molecular flexibility index (Phi) is 6.63. The molecule has 1 atom stereocenters. The molecule has 142 valence electrons. The van der Waals surface area contributed by atoms with E-state index in [0.29, 0.717) is 18.3 Å². The van der Waals surface area contributed by atoms with E-state index in [1.165, 1.54) is 6.42 Å². The number of hydrogen-bond donors (Lipinski definition) is 2. The smallest absolute Gasteiger partial charge is 0.226 e. The first-order chi connectivity index (χ1) is 12.7. The van der Waals surface area contributed by atoms with Gasteiger partial charge in [0.15, 0.2) is 0 Å². The van der Waals surface area contributed by atoms with Crippen molar-refractivity contribution >= 4 is 22.9 Å². The maximum atomic E-state index is 12.5. The molecular weight excluding hydrogens is 326 g/mol. The molecule has 26 heavy (non-hydrogen) atoms. The number of imidazole rings is 1. The minimum atomic E-state index is 0.0660. The summed E-state index contributed by atoms with van der Waals surface area (Å²) in [6.07, 6.45) is 2.68. The number of para-hydroxylation sites is 2. The Morgan fingerprint density at radius 1 is 1.35 bits per heavy atom. The van der Waals surface area contributed by atoms with Gasteiger partial charge in [0, 0.05) is 19.5 Å². The highest BCUT2D eigenvalue weighted by atomic mass is 16.1. The third-order valence-corrected chi connectivity index (χ3v) is 5.38. The van der Waals surface area contributed by atoms with Gasteiger partial charge in [0.1, 0.15) is 0 Å². The van der Waals surface area contributed by atoms with Gasteiger partial charge in [-0.15, -0.1) is 0 Å². The van der Waals surface area contributed by atoms with E-state index in [2.05, 4.69) is 45.0 Å². The third-order valence-electron chi connectivity index (χ3n) is 5.38. The summed E-state index contributed by atoms with van der Waals surface area (Å²) in [7, 11) is 0. The summed E-state index contributed by atoms with van der Waals surface area (Å²) in [4.78, 5) is 19.5. The zero-order valence-corrected chi connectivity index (χ0v) is 16.0. The molecule has 1 aliphatic rings. The predicted octanol–water partition coefficient (Wildman–Crippen LogP) is 2.71. The second kappa shape index (κ2) is 9.14. The van der Waals surface area contributed by atoms with E-state index in [1.54, 1.807) is 0 Å². The summed E-state index contributed by atoms with van der Waals surface area (Å²) in [6.45, 7) is 10.3. The van der Waals surface area contributed by atoms with Gasteiger partial charge >= 0.3 is 0 Å². The monoisotopic (exact) mass is 357 g/mol. The van der Waals surface area contributed by atoms with Crippen molar-refractivity contribution in [2.45, 2.75) is 39.7 Å². The number of amides is 1. The van der Waals surface area contributed by atoms with Crippen LogP contribution in [0.3, 0.4) is 0 Å². The fourth-order valence-electron chi connectivity index (χ4n) is 3.66. The second-order valence-electron chi connectivity index (χ2n) is 7.05. The molecule has 1 aromatic carbocycles.